The van der Waals surface area contributed by atoms with Crippen molar-refractivity contribution in [1.82, 2.24) is 4.98 Å². The molecule has 17 heavy (non-hydrogen) atoms. The minimum Gasteiger partial charge on any atom is -0.480 e. The molecule has 4 nitrogen and oxygen atoms in total. The molecule has 1 aromatic rings. The Kier molecular flexibility index (Phi) is 4.20. The molecule has 1 aromatic heterocycles. The van der Waals surface area contributed by atoms with Gasteiger partial charge in [-0.1, -0.05) is 0 Å². The third kappa shape index (κ3) is 3.09. The van der Waals surface area contributed by atoms with Crippen molar-refractivity contribution >= 4 is 5.69 Å². The van der Waals surface area contributed by atoms with Crippen molar-refractivity contribution < 1.29 is 9.47 Å². The van der Waals surface area contributed by atoms with Gasteiger partial charge >= 0.3 is 0 Å². The molecule has 1 aliphatic rings. The number of anilines is 1. The van der Waals surface area contributed by atoms with Gasteiger partial charge in [0.05, 0.1) is 18.9 Å². The molecule has 0 amide bonds. The number of aromatic nitrogens is 1. The zero-order valence-corrected chi connectivity index (χ0v) is 10.5. The van der Waals surface area contributed by atoms with Gasteiger partial charge in [-0.25, -0.2) is 4.98 Å². The third-order valence-corrected chi connectivity index (χ3v) is 3.33. The highest BCUT2D eigenvalue weighted by molar-refractivity contribution is 5.52. The van der Waals surface area contributed by atoms with E-state index in [4.69, 9.17) is 9.47 Å². The fourth-order valence-corrected chi connectivity index (χ4v) is 2.33. The standard InChI is InChI=1S/C13H20N2O2/c1-16-11-7-5-10(6-8-11)15-12-4-3-9-14-13(12)17-2/h3-4,9-11,15H,5-8H2,1-2H3. The lowest BCUT2D eigenvalue weighted by Crippen LogP contribution is -2.29. The Morgan fingerprint density at radius 2 is 2.00 bits per heavy atom. The molecule has 0 spiro atoms. The van der Waals surface area contributed by atoms with E-state index >= 15 is 0 Å². The van der Waals surface area contributed by atoms with Crippen LogP contribution in [0.1, 0.15) is 25.7 Å². The summed E-state index contributed by atoms with van der Waals surface area (Å²) in [7, 11) is 3.44. The summed E-state index contributed by atoms with van der Waals surface area (Å²) in [6.07, 6.45) is 6.69. The maximum absolute atomic E-state index is 5.37. The Hall–Kier alpha value is -1.29. The van der Waals surface area contributed by atoms with E-state index < -0.39 is 0 Å². The second kappa shape index (κ2) is 5.87. The fraction of sp³-hybridized carbons (Fsp3) is 0.615. The van der Waals surface area contributed by atoms with Crippen LogP contribution in [0, 0.1) is 0 Å². The highest BCUT2D eigenvalue weighted by Crippen LogP contribution is 2.27. The van der Waals surface area contributed by atoms with Crippen LogP contribution in [0.2, 0.25) is 0 Å². The summed E-state index contributed by atoms with van der Waals surface area (Å²) in [6.45, 7) is 0. The predicted molar refractivity (Wildman–Crippen MR) is 67.5 cm³/mol. The minimum absolute atomic E-state index is 0.434. The van der Waals surface area contributed by atoms with Crippen molar-refractivity contribution in [3.05, 3.63) is 18.3 Å². The third-order valence-electron chi connectivity index (χ3n) is 3.33. The maximum Gasteiger partial charge on any atom is 0.237 e. The molecular weight excluding hydrogens is 216 g/mol. The zero-order chi connectivity index (χ0) is 12.1. The molecule has 1 aliphatic carbocycles. The molecule has 0 saturated heterocycles. The van der Waals surface area contributed by atoms with Crippen LogP contribution in [-0.2, 0) is 4.74 Å². The summed E-state index contributed by atoms with van der Waals surface area (Å²) in [5.41, 5.74) is 0.982. The van der Waals surface area contributed by atoms with Crippen LogP contribution in [0.5, 0.6) is 5.88 Å². The van der Waals surface area contributed by atoms with Crippen LogP contribution in [-0.4, -0.2) is 31.3 Å². The molecule has 1 saturated carbocycles. The molecule has 2 rings (SSSR count). The maximum atomic E-state index is 5.37. The first-order valence-corrected chi connectivity index (χ1v) is 6.12. The Bertz CT molecular complexity index is 349. The molecule has 1 heterocycles. The van der Waals surface area contributed by atoms with E-state index in [1.54, 1.807) is 20.4 Å². The summed E-state index contributed by atoms with van der Waals surface area (Å²) < 4.78 is 10.6. The zero-order valence-electron chi connectivity index (χ0n) is 10.5. The SMILES string of the molecule is COc1ncccc1NC1CCC(OC)CC1. The van der Waals surface area contributed by atoms with E-state index in [-0.39, 0.29) is 0 Å². The largest absolute Gasteiger partial charge is 0.480 e. The first kappa shape index (κ1) is 12.2. The Morgan fingerprint density at radius 1 is 1.24 bits per heavy atom. The van der Waals surface area contributed by atoms with Gasteiger partial charge in [-0.2, -0.15) is 0 Å². The minimum atomic E-state index is 0.434. The Morgan fingerprint density at radius 3 is 2.65 bits per heavy atom. The molecule has 1 N–H and O–H groups in total. The predicted octanol–water partition coefficient (Wildman–Crippen LogP) is 2.46. The quantitative estimate of drug-likeness (QED) is 0.872. The van der Waals surface area contributed by atoms with Crippen LogP contribution < -0.4 is 10.1 Å². The number of nitrogens with one attached hydrogen (secondary N) is 1. The van der Waals surface area contributed by atoms with E-state index in [2.05, 4.69) is 10.3 Å². The first-order chi connectivity index (χ1) is 8.33. The fourth-order valence-electron chi connectivity index (χ4n) is 2.33. The Labute approximate surface area is 102 Å². The lowest BCUT2D eigenvalue weighted by atomic mass is 9.93. The van der Waals surface area contributed by atoms with Crippen molar-refractivity contribution in [3.8, 4) is 5.88 Å². The van der Waals surface area contributed by atoms with Crippen molar-refractivity contribution in [3.63, 3.8) is 0 Å². The van der Waals surface area contributed by atoms with E-state index in [0.717, 1.165) is 31.4 Å². The number of rotatable bonds is 4. The van der Waals surface area contributed by atoms with Crippen LogP contribution in [0.25, 0.3) is 0 Å². The average molecular weight is 236 g/mol. The van der Waals surface area contributed by atoms with Crippen LogP contribution in [0.15, 0.2) is 18.3 Å². The van der Waals surface area contributed by atoms with Crippen molar-refractivity contribution in [2.24, 2.45) is 0 Å². The van der Waals surface area contributed by atoms with Gasteiger partial charge in [-0.15, -0.1) is 0 Å². The normalized spacial score (nSPS) is 24.4. The average Bonchev–Trinajstić information content (AvgIpc) is 2.40. The summed E-state index contributed by atoms with van der Waals surface area (Å²) in [5.74, 6) is 0.668. The van der Waals surface area contributed by atoms with E-state index in [1.807, 2.05) is 12.1 Å². The molecule has 4 heteroatoms. The molecule has 1 fully saturated rings. The number of hydrogen-bond acceptors (Lipinski definition) is 4. The van der Waals surface area contributed by atoms with Gasteiger partial charge in [-0.05, 0) is 37.8 Å². The monoisotopic (exact) mass is 236 g/mol. The molecule has 0 aliphatic heterocycles. The van der Waals surface area contributed by atoms with Crippen LogP contribution in [0.3, 0.4) is 0 Å². The topological polar surface area (TPSA) is 43.4 Å². The van der Waals surface area contributed by atoms with Gasteiger partial charge < -0.3 is 14.8 Å². The van der Waals surface area contributed by atoms with E-state index in [1.165, 1.54) is 0 Å². The smallest absolute Gasteiger partial charge is 0.237 e. The van der Waals surface area contributed by atoms with Crippen molar-refractivity contribution in [2.45, 2.75) is 37.8 Å². The van der Waals surface area contributed by atoms with Gasteiger partial charge in [-0.3, -0.25) is 0 Å². The van der Waals surface area contributed by atoms with Gasteiger partial charge in [0.2, 0.25) is 5.88 Å². The van der Waals surface area contributed by atoms with Gasteiger partial charge in [0, 0.05) is 19.3 Å². The summed E-state index contributed by atoms with van der Waals surface area (Å²) in [4.78, 5) is 4.18. The second-order valence-corrected chi connectivity index (χ2v) is 4.41. The highest BCUT2D eigenvalue weighted by Gasteiger charge is 2.21. The first-order valence-electron chi connectivity index (χ1n) is 6.12. The number of methoxy groups -OCH3 is 2. The van der Waals surface area contributed by atoms with Crippen LogP contribution in [0.4, 0.5) is 5.69 Å². The van der Waals surface area contributed by atoms with E-state index in [0.29, 0.717) is 18.0 Å². The van der Waals surface area contributed by atoms with Gasteiger partial charge in [0.25, 0.3) is 0 Å². The van der Waals surface area contributed by atoms with Gasteiger partial charge in [0.1, 0.15) is 0 Å². The molecule has 0 bridgehead atoms. The molecule has 0 aromatic carbocycles. The van der Waals surface area contributed by atoms with Crippen LogP contribution >= 0.6 is 0 Å². The Balaban J connectivity index is 1.93. The summed E-state index contributed by atoms with van der Waals surface area (Å²) in [6, 6.07) is 4.43. The number of ether oxygens (including phenoxy) is 2. The van der Waals surface area contributed by atoms with Crippen molar-refractivity contribution in [2.75, 3.05) is 19.5 Å². The molecule has 0 radical (unpaired) electrons. The lowest BCUT2D eigenvalue weighted by molar-refractivity contribution is 0.0681. The van der Waals surface area contributed by atoms with Crippen molar-refractivity contribution in [1.29, 1.82) is 0 Å². The molecule has 0 atom stereocenters. The number of hydrogen-bond donors (Lipinski definition) is 1. The summed E-state index contributed by atoms with van der Waals surface area (Å²) in [5, 5.41) is 3.50. The molecule has 0 unspecified atom stereocenters. The molecular formula is C13H20N2O2. The summed E-state index contributed by atoms with van der Waals surface area (Å²) >= 11 is 0. The van der Waals surface area contributed by atoms with Gasteiger partial charge in [0.15, 0.2) is 0 Å². The highest BCUT2D eigenvalue weighted by atomic mass is 16.5. The number of pyridine rings is 1. The lowest BCUT2D eigenvalue weighted by Gasteiger charge is -2.29. The number of nitrogens with zero attached hydrogens (tertiary/aromatic N) is 1. The van der Waals surface area contributed by atoms with E-state index in [9.17, 15) is 0 Å². The molecule has 94 valence electrons. The second-order valence-electron chi connectivity index (χ2n) is 4.41.